The Bertz CT molecular complexity index is 269. The Hall–Kier alpha value is -1.01. The van der Waals surface area contributed by atoms with Crippen LogP contribution in [0.15, 0.2) is 0 Å². The van der Waals surface area contributed by atoms with Crippen LogP contribution < -0.4 is 5.32 Å². The lowest BCUT2D eigenvalue weighted by atomic mass is 9.98. The maximum Gasteiger partial charge on any atom is 0.240 e. The summed E-state index contributed by atoms with van der Waals surface area (Å²) in [5.41, 5.74) is -0.414. The molecule has 3 nitrogen and oxygen atoms in total. The molecule has 78 valence electrons. The molecule has 1 fully saturated rings. The van der Waals surface area contributed by atoms with Crippen LogP contribution in [0.1, 0.15) is 26.7 Å². The first-order valence-corrected chi connectivity index (χ1v) is 5.05. The molecule has 0 aromatic heterocycles. The minimum Gasteiger partial charge on any atom is -0.325 e. The minimum atomic E-state index is -0.414. The van der Waals surface area contributed by atoms with E-state index in [1.807, 2.05) is 25.8 Å². The quantitative estimate of drug-likeness (QED) is 0.668. The summed E-state index contributed by atoms with van der Waals surface area (Å²) in [5, 5.41) is 3.00. The van der Waals surface area contributed by atoms with Gasteiger partial charge in [0.25, 0.3) is 0 Å². The maximum atomic E-state index is 11.9. The van der Waals surface area contributed by atoms with Gasteiger partial charge >= 0.3 is 0 Å². The van der Waals surface area contributed by atoms with Gasteiger partial charge in [-0.3, -0.25) is 4.79 Å². The SMILES string of the molecule is C#CC(C)(CC)N1CCC(NC)C1=O. The molecule has 1 aliphatic heterocycles. The number of carbonyl (C=O) groups is 1. The highest BCUT2D eigenvalue weighted by Crippen LogP contribution is 2.24. The van der Waals surface area contributed by atoms with Crippen molar-refractivity contribution in [2.45, 2.75) is 38.3 Å². The van der Waals surface area contributed by atoms with Crippen molar-refractivity contribution in [3.63, 3.8) is 0 Å². The molecule has 0 saturated carbocycles. The van der Waals surface area contributed by atoms with E-state index < -0.39 is 5.54 Å². The van der Waals surface area contributed by atoms with Crippen molar-refractivity contribution in [2.24, 2.45) is 0 Å². The van der Waals surface area contributed by atoms with Crippen LogP contribution in [0.3, 0.4) is 0 Å². The molecule has 3 heteroatoms. The fourth-order valence-corrected chi connectivity index (χ4v) is 1.81. The molecule has 1 heterocycles. The molecular weight excluding hydrogens is 176 g/mol. The van der Waals surface area contributed by atoms with Crippen LogP contribution in [0.5, 0.6) is 0 Å². The lowest BCUT2D eigenvalue weighted by Crippen LogP contribution is -2.48. The molecule has 0 bridgehead atoms. The summed E-state index contributed by atoms with van der Waals surface area (Å²) in [7, 11) is 1.81. The largest absolute Gasteiger partial charge is 0.325 e. The van der Waals surface area contributed by atoms with Crippen LogP contribution >= 0.6 is 0 Å². The zero-order valence-electron chi connectivity index (χ0n) is 9.13. The number of terminal acetylenes is 1. The second-order valence-corrected chi connectivity index (χ2v) is 3.89. The molecule has 1 N–H and O–H groups in total. The molecule has 14 heavy (non-hydrogen) atoms. The molecule has 1 saturated heterocycles. The maximum absolute atomic E-state index is 11.9. The average Bonchev–Trinajstić information content (AvgIpc) is 2.59. The van der Waals surface area contributed by atoms with E-state index >= 15 is 0 Å². The second kappa shape index (κ2) is 4.02. The number of nitrogens with one attached hydrogen (secondary N) is 1. The van der Waals surface area contributed by atoms with Gasteiger partial charge in [-0.05, 0) is 26.8 Å². The van der Waals surface area contributed by atoms with E-state index in [2.05, 4.69) is 11.2 Å². The summed E-state index contributed by atoms with van der Waals surface area (Å²) >= 11 is 0. The Kier molecular flexibility index (Phi) is 3.17. The van der Waals surface area contributed by atoms with Gasteiger partial charge in [-0.1, -0.05) is 12.8 Å². The summed E-state index contributed by atoms with van der Waals surface area (Å²) < 4.78 is 0. The van der Waals surface area contributed by atoms with E-state index in [0.29, 0.717) is 0 Å². The van der Waals surface area contributed by atoms with Crippen molar-refractivity contribution in [3.05, 3.63) is 0 Å². The highest BCUT2D eigenvalue weighted by molar-refractivity contribution is 5.85. The van der Waals surface area contributed by atoms with Gasteiger partial charge in [0.1, 0.15) is 5.54 Å². The fourth-order valence-electron chi connectivity index (χ4n) is 1.81. The zero-order chi connectivity index (χ0) is 10.8. The molecular formula is C11H18N2O. The molecule has 0 aromatic carbocycles. The first-order chi connectivity index (χ1) is 6.59. The van der Waals surface area contributed by atoms with E-state index in [-0.39, 0.29) is 11.9 Å². The Morgan fingerprint density at radius 3 is 2.79 bits per heavy atom. The lowest BCUT2D eigenvalue weighted by Gasteiger charge is -2.33. The van der Waals surface area contributed by atoms with Crippen LogP contribution in [0.4, 0.5) is 0 Å². The van der Waals surface area contributed by atoms with Gasteiger partial charge in [-0.2, -0.15) is 0 Å². The molecule has 0 aliphatic carbocycles. The summed E-state index contributed by atoms with van der Waals surface area (Å²) in [4.78, 5) is 13.7. The van der Waals surface area contributed by atoms with Crippen LogP contribution in [-0.4, -0.2) is 36.0 Å². The third kappa shape index (κ3) is 1.62. The van der Waals surface area contributed by atoms with Crippen LogP contribution in [-0.2, 0) is 4.79 Å². The van der Waals surface area contributed by atoms with Crippen LogP contribution in [0, 0.1) is 12.3 Å². The summed E-state index contributed by atoms with van der Waals surface area (Å²) in [6.45, 7) is 4.72. The standard InChI is InChI=1S/C11H18N2O/c1-5-11(3,6-2)13-8-7-9(12-4)10(13)14/h1,9,12H,6-8H2,2-4H3. The third-order valence-electron chi connectivity index (χ3n) is 3.15. The average molecular weight is 194 g/mol. The first kappa shape index (κ1) is 11.1. The van der Waals surface area contributed by atoms with Crippen LogP contribution in [0.25, 0.3) is 0 Å². The van der Waals surface area contributed by atoms with Crippen LogP contribution in [0.2, 0.25) is 0 Å². The van der Waals surface area contributed by atoms with E-state index in [4.69, 9.17) is 6.42 Å². The molecule has 2 atom stereocenters. The molecule has 0 radical (unpaired) electrons. The molecule has 0 spiro atoms. The van der Waals surface area contributed by atoms with E-state index in [9.17, 15) is 4.79 Å². The van der Waals surface area contributed by atoms with E-state index in [1.165, 1.54) is 0 Å². The normalized spacial score (nSPS) is 26.0. The molecule has 0 aromatic rings. The van der Waals surface area contributed by atoms with Gasteiger partial charge in [0.15, 0.2) is 0 Å². The van der Waals surface area contributed by atoms with Gasteiger partial charge in [0, 0.05) is 6.54 Å². The second-order valence-electron chi connectivity index (χ2n) is 3.89. The zero-order valence-corrected chi connectivity index (χ0v) is 9.13. The Labute approximate surface area is 85.9 Å². The highest BCUT2D eigenvalue weighted by atomic mass is 16.2. The van der Waals surface area contributed by atoms with Gasteiger partial charge in [0.2, 0.25) is 5.91 Å². The van der Waals surface area contributed by atoms with Crippen molar-refractivity contribution in [1.82, 2.24) is 10.2 Å². The van der Waals surface area contributed by atoms with E-state index in [1.54, 1.807) is 0 Å². The topological polar surface area (TPSA) is 32.3 Å². The Morgan fingerprint density at radius 1 is 1.79 bits per heavy atom. The Morgan fingerprint density at radius 2 is 2.43 bits per heavy atom. The molecule has 1 aliphatic rings. The molecule has 1 rings (SSSR count). The fraction of sp³-hybridized carbons (Fsp3) is 0.727. The minimum absolute atomic E-state index is 0.0470. The Balaban J connectivity index is 2.82. The number of nitrogens with zero attached hydrogens (tertiary/aromatic N) is 1. The van der Waals surface area contributed by atoms with Crippen molar-refractivity contribution in [1.29, 1.82) is 0 Å². The number of carbonyl (C=O) groups excluding carboxylic acids is 1. The summed E-state index contributed by atoms with van der Waals surface area (Å²) in [5.74, 6) is 2.86. The van der Waals surface area contributed by atoms with Gasteiger partial charge < -0.3 is 10.2 Å². The van der Waals surface area contributed by atoms with Gasteiger partial charge in [0.05, 0.1) is 6.04 Å². The summed E-state index contributed by atoms with van der Waals surface area (Å²) in [6, 6.07) is -0.0470. The first-order valence-electron chi connectivity index (χ1n) is 5.05. The number of hydrogen-bond donors (Lipinski definition) is 1. The molecule has 2 unspecified atom stereocenters. The monoisotopic (exact) mass is 194 g/mol. The number of rotatable bonds is 3. The number of likely N-dealkylation sites (tertiary alicyclic amines) is 1. The number of amides is 1. The van der Waals surface area contributed by atoms with Gasteiger partial charge in [-0.15, -0.1) is 6.42 Å². The highest BCUT2D eigenvalue weighted by Gasteiger charge is 2.39. The third-order valence-corrected chi connectivity index (χ3v) is 3.15. The van der Waals surface area contributed by atoms with E-state index in [0.717, 1.165) is 19.4 Å². The summed E-state index contributed by atoms with van der Waals surface area (Å²) in [6.07, 6.45) is 7.13. The van der Waals surface area contributed by atoms with Crippen molar-refractivity contribution >= 4 is 5.91 Å². The lowest BCUT2D eigenvalue weighted by molar-refractivity contribution is -0.132. The predicted molar refractivity (Wildman–Crippen MR) is 56.7 cm³/mol. The predicted octanol–water partition coefficient (Wildman–Crippen LogP) is 0.609. The van der Waals surface area contributed by atoms with Gasteiger partial charge in [-0.25, -0.2) is 0 Å². The number of hydrogen-bond acceptors (Lipinski definition) is 2. The molecule has 1 amide bonds. The van der Waals surface area contributed by atoms with Crippen molar-refractivity contribution in [2.75, 3.05) is 13.6 Å². The number of likely N-dealkylation sites (N-methyl/N-ethyl adjacent to an activating group) is 1. The van der Waals surface area contributed by atoms with Crippen molar-refractivity contribution in [3.8, 4) is 12.3 Å². The smallest absolute Gasteiger partial charge is 0.240 e. The van der Waals surface area contributed by atoms with Crippen molar-refractivity contribution < 1.29 is 4.79 Å².